The fourth-order valence-corrected chi connectivity index (χ4v) is 2.31. The van der Waals surface area contributed by atoms with E-state index >= 15 is 0 Å². The van der Waals surface area contributed by atoms with Gasteiger partial charge in [-0.15, -0.1) is 0 Å². The Labute approximate surface area is 117 Å². The molecule has 1 atom stereocenters. The van der Waals surface area contributed by atoms with Crippen LogP contribution >= 0.6 is 11.6 Å². The summed E-state index contributed by atoms with van der Waals surface area (Å²) >= 11 is 5.81. The molecule has 1 aromatic rings. The lowest BCUT2D eigenvalue weighted by molar-refractivity contribution is -0.121. The van der Waals surface area contributed by atoms with Gasteiger partial charge in [0, 0.05) is 23.7 Å². The zero-order valence-corrected chi connectivity index (χ0v) is 11.6. The maximum atomic E-state index is 12.4. The zero-order chi connectivity index (χ0) is 13.8. The van der Waals surface area contributed by atoms with E-state index in [1.165, 1.54) is 0 Å². The summed E-state index contributed by atoms with van der Waals surface area (Å²) in [6, 6.07) is 6.55. The van der Waals surface area contributed by atoms with Crippen LogP contribution in [0.4, 0.5) is 0 Å². The number of hydrogen-bond acceptors (Lipinski definition) is 3. The van der Waals surface area contributed by atoms with Crippen LogP contribution in [0.3, 0.4) is 0 Å². The van der Waals surface area contributed by atoms with Crippen LogP contribution in [0.15, 0.2) is 24.3 Å². The van der Waals surface area contributed by atoms with Crippen molar-refractivity contribution in [2.45, 2.75) is 19.4 Å². The lowest BCUT2D eigenvalue weighted by Gasteiger charge is -2.25. The van der Waals surface area contributed by atoms with Crippen LogP contribution in [-0.2, 0) is 4.79 Å². The molecule has 1 N–H and O–H groups in total. The van der Waals surface area contributed by atoms with Crippen molar-refractivity contribution in [2.75, 3.05) is 19.6 Å². The molecule has 2 rings (SSSR count). The molecule has 1 unspecified atom stereocenters. The summed E-state index contributed by atoms with van der Waals surface area (Å²) in [4.78, 5) is 25.8. The highest BCUT2D eigenvalue weighted by Crippen LogP contribution is 2.14. The van der Waals surface area contributed by atoms with Gasteiger partial charge in [-0.05, 0) is 37.6 Å². The highest BCUT2D eigenvalue weighted by Gasteiger charge is 2.25. The van der Waals surface area contributed by atoms with Crippen molar-refractivity contribution in [1.29, 1.82) is 0 Å². The molecule has 1 heterocycles. The first-order valence-corrected chi connectivity index (χ1v) is 6.76. The maximum absolute atomic E-state index is 12.4. The number of nitrogens with one attached hydrogen (secondary N) is 1. The molecular formula is C14H17ClN2O2. The van der Waals surface area contributed by atoms with Crippen molar-refractivity contribution in [2.24, 2.45) is 0 Å². The van der Waals surface area contributed by atoms with Crippen LogP contribution in [0.2, 0.25) is 5.02 Å². The quantitative estimate of drug-likeness (QED) is 0.858. The third-order valence-corrected chi connectivity index (χ3v) is 3.60. The van der Waals surface area contributed by atoms with Gasteiger partial charge in [0.15, 0.2) is 5.78 Å². The lowest BCUT2D eigenvalue weighted by atomic mass is 10.0. The van der Waals surface area contributed by atoms with Crippen molar-refractivity contribution in [3.05, 3.63) is 34.9 Å². The summed E-state index contributed by atoms with van der Waals surface area (Å²) in [5.74, 6) is -0.000349. The third kappa shape index (κ3) is 3.55. The maximum Gasteiger partial charge on any atom is 0.234 e. The second-order valence-electron chi connectivity index (χ2n) is 4.72. The number of nitrogens with zero attached hydrogens (tertiary/aromatic N) is 1. The molecule has 1 saturated heterocycles. The van der Waals surface area contributed by atoms with E-state index in [2.05, 4.69) is 5.32 Å². The van der Waals surface area contributed by atoms with Crippen LogP contribution in [0, 0.1) is 0 Å². The summed E-state index contributed by atoms with van der Waals surface area (Å²) in [6.45, 7) is 3.55. The number of rotatable bonds is 3. The minimum absolute atomic E-state index is 0.0198. The van der Waals surface area contributed by atoms with Crippen molar-refractivity contribution >= 4 is 23.3 Å². The monoisotopic (exact) mass is 280 g/mol. The molecule has 19 heavy (non-hydrogen) atoms. The van der Waals surface area contributed by atoms with Crippen molar-refractivity contribution < 1.29 is 9.59 Å². The van der Waals surface area contributed by atoms with E-state index in [9.17, 15) is 9.59 Å². The summed E-state index contributed by atoms with van der Waals surface area (Å²) in [6.07, 6.45) is 0.865. The minimum atomic E-state index is -0.301. The summed E-state index contributed by atoms with van der Waals surface area (Å²) in [5.41, 5.74) is 0.626. The van der Waals surface area contributed by atoms with Crippen molar-refractivity contribution in [1.82, 2.24) is 10.2 Å². The molecule has 1 aliphatic rings. The fourth-order valence-electron chi connectivity index (χ4n) is 2.18. The number of carbonyl (C=O) groups is 2. The molecule has 0 aromatic heterocycles. The number of ketones is 1. The Kier molecular flexibility index (Phi) is 4.56. The number of hydrogen-bond donors (Lipinski definition) is 1. The molecule has 1 aromatic carbocycles. The van der Waals surface area contributed by atoms with Gasteiger partial charge in [-0.2, -0.15) is 0 Å². The average Bonchev–Trinajstić information content (AvgIpc) is 2.62. The number of benzene rings is 1. The second kappa shape index (κ2) is 6.17. The average molecular weight is 281 g/mol. The van der Waals surface area contributed by atoms with Crippen LogP contribution in [0.25, 0.3) is 0 Å². The molecule has 0 aliphatic carbocycles. The predicted octanol–water partition coefficient (Wildman–Crippen LogP) is 1.73. The number of halogens is 1. The Morgan fingerprint density at radius 2 is 2.05 bits per heavy atom. The molecular weight excluding hydrogens is 264 g/mol. The van der Waals surface area contributed by atoms with Gasteiger partial charge in [0.25, 0.3) is 0 Å². The topological polar surface area (TPSA) is 49.4 Å². The van der Waals surface area contributed by atoms with Crippen LogP contribution in [-0.4, -0.2) is 42.3 Å². The Hall–Kier alpha value is -1.39. The van der Waals surface area contributed by atoms with Crippen molar-refractivity contribution in [3.8, 4) is 0 Å². The van der Waals surface area contributed by atoms with Gasteiger partial charge in [0.2, 0.25) is 5.91 Å². The first kappa shape index (κ1) is 14.0. The molecule has 0 bridgehead atoms. The number of carbonyl (C=O) groups excluding carboxylic acids is 2. The highest BCUT2D eigenvalue weighted by molar-refractivity contribution is 6.30. The summed E-state index contributed by atoms with van der Waals surface area (Å²) in [5, 5.41) is 3.42. The molecule has 5 heteroatoms. The van der Waals surface area contributed by atoms with E-state index in [0.717, 1.165) is 13.0 Å². The Balaban J connectivity index is 2.09. The van der Waals surface area contributed by atoms with Crippen molar-refractivity contribution in [3.63, 3.8) is 0 Å². The number of amides is 1. The molecule has 0 spiro atoms. The first-order valence-electron chi connectivity index (χ1n) is 6.38. The van der Waals surface area contributed by atoms with E-state index in [1.54, 1.807) is 24.3 Å². The standard InChI is InChI=1S/C14H17ClN2O2/c1-10(17-8-2-7-16-13(18)9-17)14(19)11-3-5-12(15)6-4-11/h3-6,10H,2,7-9H2,1H3,(H,16,18). The van der Waals surface area contributed by atoms with Gasteiger partial charge in [-0.1, -0.05) is 11.6 Å². The van der Waals surface area contributed by atoms with E-state index in [4.69, 9.17) is 11.6 Å². The summed E-state index contributed by atoms with van der Waals surface area (Å²) in [7, 11) is 0. The molecule has 1 aliphatic heterocycles. The van der Waals surface area contributed by atoms with Gasteiger partial charge in [-0.25, -0.2) is 0 Å². The highest BCUT2D eigenvalue weighted by atomic mass is 35.5. The smallest absolute Gasteiger partial charge is 0.234 e. The van der Waals surface area contributed by atoms with E-state index in [-0.39, 0.29) is 24.3 Å². The van der Waals surface area contributed by atoms with Crippen LogP contribution in [0.5, 0.6) is 0 Å². The predicted molar refractivity (Wildman–Crippen MR) is 74.4 cm³/mol. The molecule has 0 saturated carbocycles. The SMILES string of the molecule is CC(C(=O)c1ccc(Cl)cc1)N1CCCNC(=O)C1. The van der Waals surface area contributed by atoms with Crippen LogP contribution < -0.4 is 5.32 Å². The van der Waals surface area contributed by atoms with E-state index in [0.29, 0.717) is 17.1 Å². The van der Waals surface area contributed by atoms with Crippen LogP contribution in [0.1, 0.15) is 23.7 Å². The molecule has 102 valence electrons. The second-order valence-corrected chi connectivity index (χ2v) is 5.16. The Bertz CT molecular complexity index is 473. The van der Waals surface area contributed by atoms with Gasteiger partial charge in [0.05, 0.1) is 12.6 Å². The molecule has 1 amide bonds. The first-order chi connectivity index (χ1) is 9.08. The van der Waals surface area contributed by atoms with Gasteiger partial charge >= 0.3 is 0 Å². The molecule has 4 nitrogen and oxygen atoms in total. The summed E-state index contributed by atoms with van der Waals surface area (Å²) < 4.78 is 0. The number of Topliss-reactive ketones (excluding diaryl/α,β-unsaturated/α-hetero) is 1. The van der Waals surface area contributed by atoms with E-state index in [1.807, 2.05) is 11.8 Å². The van der Waals surface area contributed by atoms with Gasteiger partial charge in [-0.3, -0.25) is 14.5 Å². The Morgan fingerprint density at radius 3 is 2.74 bits per heavy atom. The molecule has 1 fully saturated rings. The van der Waals surface area contributed by atoms with E-state index < -0.39 is 0 Å². The molecule has 0 radical (unpaired) electrons. The van der Waals surface area contributed by atoms with Gasteiger partial charge in [0.1, 0.15) is 0 Å². The third-order valence-electron chi connectivity index (χ3n) is 3.35. The lowest BCUT2D eigenvalue weighted by Crippen LogP contribution is -2.42. The van der Waals surface area contributed by atoms with Gasteiger partial charge < -0.3 is 5.32 Å². The zero-order valence-electron chi connectivity index (χ0n) is 10.9. The Morgan fingerprint density at radius 1 is 1.37 bits per heavy atom. The normalized spacial score (nSPS) is 18.5. The minimum Gasteiger partial charge on any atom is -0.355 e. The largest absolute Gasteiger partial charge is 0.355 e. The fraction of sp³-hybridized carbons (Fsp3) is 0.429.